The highest BCUT2D eigenvalue weighted by atomic mass is 35.5. The van der Waals surface area contributed by atoms with Gasteiger partial charge in [-0.15, -0.1) is 12.4 Å². The molecule has 184 valence electrons. The van der Waals surface area contributed by atoms with E-state index in [-0.39, 0.29) is 41.9 Å². The predicted octanol–water partition coefficient (Wildman–Crippen LogP) is 2.55. The molecule has 0 bridgehead atoms. The number of rotatable bonds is 6. The molecule has 1 saturated carbocycles. The number of ether oxygens (including phenoxy) is 1. The molecule has 1 aliphatic carbocycles. The lowest BCUT2D eigenvalue weighted by molar-refractivity contribution is -0.0842. The van der Waals surface area contributed by atoms with Gasteiger partial charge in [-0.05, 0) is 32.8 Å². The maximum absolute atomic E-state index is 13.9. The third-order valence-electron chi connectivity index (χ3n) is 6.37. The van der Waals surface area contributed by atoms with Crippen molar-refractivity contribution in [2.45, 2.75) is 44.9 Å². The largest absolute Gasteiger partial charge is 0.503 e. The zero-order valence-electron chi connectivity index (χ0n) is 18.8. The summed E-state index contributed by atoms with van der Waals surface area (Å²) < 4.78 is 34.2. The van der Waals surface area contributed by atoms with Gasteiger partial charge in [0.25, 0.3) is 11.8 Å². The second-order valence-electron chi connectivity index (χ2n) is 8.39. The zero-order chi connectivity index (χ0) is 23.9. The number of hydrogen-bond acceptors (Lipinski definition) is 5. The number of halogens is 3. The lowest BCUT2D eigenvalue weighted by Gasteiger charge is -2.54. The maximum atomic E-state index is 13.9. The van der Waals surface area contributed by atoms with Gasteiger partial charge in [-0.1, -0.05) is 6.07 Å². The number of pyridine rings is 1. The maximum Gasteiger partial charge on any atom is 0.274 e. The molecule has 2 amide bonds. The molecule has 1 aromatic carbocycles. The Morgan fingerprint density at radius 1 is 1.26 bits per heavy atom. The Balaban J connectivity index is 0.00000324. The molecular formula is C23H26ClF2N3O5. The third kappa shape index (κ3) is 4.27. The van der Waals surface area contributed by atoms with Crippen LogP contribution >= 0.6 is 12.4 Å². The Kier molecular flexibility index (Phi) is 7.32. The van der Waals surface area contributed by atoms with Crippen LogP contribution in [0.4, 0.5) is 8.78 Å². The van der Waals surface area contributed by atoms with Crippen LogP contribution in [0.15, 0.2) is 29.2 Å². The third-order valence-corrected chi connectivity index (χ3v) is 6.37. The minimum Gasteiger partial charge on any atom is -0.503 e. The summed E-state index contributed by atoms with van der Waals surface area (Å²) in [4.78, 5) is 40.1. The van der Waals surface area contributed by atoms with Crippen molar-refractivity contribution in [3.63, 3.8) is 0 Å². The molecule has 1 aliphatic heterocycles. The highest BCUT2D eigenvalue weighted by molar-refractivity contribution is 5.99. The van der Waals surface area contributed by atoms with Gasteiger partial charge in [0.1, 0.15) is 17.2 Å². The number of fused-ring (bicyclic) bond motifs is 2. The zero-order valence-corrected chi connectivity index (χ0v) is 19.6. The number of aromatic nitrogens is 1. The summed E-state index contributed by atoms with van der Waals surface area (Å²) in [6.45, 7) is 4.71. The van der Waals surface area contributed by atoms with Crippen molar-refractivity contribution in [3.05, 3.63) is 63.1 Å². The van der Waals surface area contributed by atoms with E-state index in [1.807, 2.05) is 13.8 Å². The molecule has 1 aromatic heterocycles. The topological polar surface area (TPSA) is 101 Å². The van der Waals surface area contributed by atoms with Gasteiger partial charge < -0.3 is 24.6 Å². The van der Waals surface area contributed by atoms with Crippen LogP contribution in [0.3, 0.4) is 0 Å². The number of hydrogen-bond donors (Lipinski definition) is 2. The molecule has 2 aliphatic rings. The molecule has 1 fully saturated rings. The minimum absolute atomic E-state index is 0. The van der Waals surface area contributed by atoms with Crippen LogP contribution in [0.5, 0.6) is 5.75 Å². The van der Waals surface area contributed by atoms with Gasteiger partial charge >= 0.3 is 0 Å². The molecule has 0 atom stereocenters. The van der Waals surface area contributed by atoms with Crippen molar-refractivity contribution in [2.75, 3.05) is 19.7 Å². The minimum atomic E-state index is -0.986. The number of likely N-dealkylation sites (N-methyl/N-ethyl adjacent to an activating group) is 1. The van der Waals surface area contributed by atoms with Gasteiger partial charge in [-0.3, -0.25) is 14.4 Å². The molecule has 2 aromatic rings. The first-order valence-corrected chi connectivity index (χ1v) is 10.8. The van der Waals surface area contributed by atoms with Gasteiger partial charge in [0.2, 0.25) is 5.43 Å². The van der Waals surface area contributed by atoms with Crippen LogP contribution in [0.25, 0.3) is 0 Å². The fourth-order valence-corrected chi connectivity index (χ4v) is 4.65. The van der Waals surface area contributed by atoms with Crippen LogP contribution in [0.2, 0.25) is 0 Å². The molecule has 2 heterocycles. The van der Waals surface area contributed by atoms with Crippen LogP contribution in [0.1, 0.15) is 53.1 Å². The van der Waals surface area contributed by atoms with E-state index in [0.29, 0.717) is 38.6 Å². The lowest BCUT2D eigenvalue weighted by atomic mass is 9.71. The predicted molar refractivity (Wildman–Crippen MR) is 121 cm³/mol. The second-order valence-corrected chi connectivity index (χ2v) is 8.39. The van der Waals surface area contributed by atoms with E-state index in [0.717, 1.165) is 6.07 Å². The fraction of sp³-hybridized carbons (Fsp3) is 0.435. The molecule has 0 saturated heterocycles. The molecule has 34 heavy (non-hydrogen) atoms. The van der Waals surface area contributed by atoms with Gasteiger partial charge in [-0.25, -0.2) is 8.78 Å². The van der Waals surface area contributed by atoms with E-state index in [1.54, 1.807) is 4.90 Å². The highest BCUT2D eigenvalue weighted by Gasteiger charge is 2.52. The summed E-state index contributed by atoms with van der Waals surface area (Å²) in [6, 6.07) is 2.95. The smallest absolute Gasteiger partial charge is 0.274 e. The molecule has 11 heteroatoms. The second kappa shape index (κ2) is 9.71. The van der Waals surface area contributed by atoms with E-state index < -0.39 is 40.2 Å². The van der Waals surface area contributed by atoms with Crippen LogP contribution < -0.4 is 10.7 Å². The first-order valence-electron chi connectivity index (χ1n) is 10.8. The van der Waals surface area contributed by atoms with Crippen LogP contribution in [-0.4, -0.2) is 52.2 Å². The van der Waals surface area contributed by atoms with Crippen LogP contribution in [-0.2, 0) is 16.8 Å². The Labute approximate surface area is 200 Å². The monoisotopic (exact) mass is 497 g/mol. The van der Waals surface area contributed by atoms with E-state index in [4.69, 9.17) is 4.74 Å². The molecular weight excluding hydrogens is 472 g/mol. The van der Waals surface area contributed by atoms with E-state index >= 15 is 0 Å². The van der Waals surface area contributed by atoms with E-state index in [9.17, 15) is 28.3 Å². The van der Waals surface area contributed by atoms with Crippen molar-refractivity contribution in [1.29, 1.82) is 0 Å². The quantitative estimate of drug-likeness (QED) is 0.639. The van der Waals surface area contributed by atoms with Crippen molar-refractivity contribution < 1.29 is 28.2 Å². The summed E-state index contributed by atoms with van der Waals surface area (Å²) in [7, 11) is 0. The Morgan fingerprint density at radius 2 is 1.97 bits per heavy atom. The summed E-state index contributed by atoms with van der Waals surface area (Å²) in [5.41, 5.74) is -2.07. The Bertz CT molecular complexity index is 1180. The SMILES string of the molecule is CCOC1CC2(C1)CN(CC)C(=O)c1c(O)c(=O)c(C(=O)NCc3ccc(F)cc3F)cn12.Cl. The molecule has 8 nitrogen and oxygen atoms in total. The molecule has 2 N–H and O–H groups in total. The number of carbonyl (C=O) groups is 2. The number of carbonyl (C=O) groups excluding carboxylic acids is 2. The van der Waals surface area contributed by atoms with Crippen molar-refractivity contribution in [3.8, 4) is 5.75 Å². The number of nitrogens with one attached hydrogen (secondary N) is 1. The highest BCUT2D eigenvalue weighted by Crippen LogP contribution is 2.46. The van der Waals surface area contributed by atoms with Gasteiger partial charge in [0, 0.05) is 44.1 Å². The van der Waals surface area contributed by atoms with E-state index in [1.165, 1.54) is 16.8 Å². The first kappa shape index (κ1) is 25.6. The summed E-state index contributed by atoms with van der Waals surface area (Å²) in [6.07, 6.45) is 2.37. The van der Waals surface area contributed by atoms with Crippen molar-refractivity contribution in [2.24, 2.45) is 0 Å². The number of benzene rings is 1. The van der Waals surface area contributed by atoms with E-state index in [2.05, 4.69) is 5.32 Å². The normalized spacial score (nSPS) is 21.0. The fourth-order valence-electron chi connectivity index (χ4n) is 4.65. The molecule has 4 rings (SSSR count). The van der Waals surface area contributed by atoms with Gasteiger partial charge in [-0.2, -0.15) is 0 Å². The molecule has 1 spiro atoms. The lowest BCUT2D eigenvalue weighted by Crippen LogP contribution is -2.62. The summed E-state index contributed by atoms with van der Waals surface area (Å²) in [5, 5.41) is 13.1. The first-order chi connectivity index (χ1) is 15.7. The van der Waals surface area contributed by atoms with Gasteiger partial charge in [0.15, 0.2) is 11.4 Å². The summed E-state index contributed by atoms with van der Waals surface area (Å²) in [5.74, 6) is -3.70. The number of aromatic hydroxyl groups is 1. The molecule has 0 unspecified atom stereocenters. The average Bonchev–Trinajstić information content (AvgIpc) is 2.75. The summed E-state index contributed by atoms with van der Waals surface area (Å²) >= 11 is 0. The molecule has 0 radical (unpaired) electrons. The number of nitrogens with zero attached hydrogens (tertiary/aromatic N) is 2. The van der Waals surface area contributed by atoms with Crippen molar-refractivity contribution in [1.82, 2.24) is 14.8 Å². The average molecular weight is 498 g/mol. The van der Waals surface area contributed by atoms with Gasteiger partial charge in [0.05, 0.1) is 11.6 Å². The van der Waals surface area contributed by atoms with Crippen molar-refractivity contribution >= 4 is 24.2 Å². The Hall–Kier alpha value is -2.98. The Morgan fingerprint density at radius 3 is 2.59 bits per heavy atom. The number of amides is 2. The van der Waals surface area contributed by atoms with Crippen LogP contribution in [0, 0.1) is 11.6 Å². The standard InChI is InChI=1S/C23H25F2N3O5.ClH/c1-3-27-12-23(8-15(9-23)33-4-2)28-11-16(19(29)20(30)18(28)22(27)32)21(31)26-10-13-5-6-14(24)7-17(13)25;/h5-7,11,15,30H,3-4,8-10,12H2,1-2H3,(H,26,31);1H.